The number of halogens is 3. The van der Waals surface area contributed by atoms with Crippen LogP contribution in [0.1, 0.15) is 44.9 Å². The quantitative estimate of drug-likeness (QED) is 0.451. The van der Waals surface area contributed by atoms with E-state index in [0.717, 1.165) is 5.56 Å². The van der Waals surface area contributed by atoms with Gasteiger partial charge in [-0.2, -0.15) is 0 Å². The largest absolute Gasteiger partial charge is 0.483 e. The summed E-state index contributed by atoms with van der Waals surface area (Å²) >= 11 is 0. The summed E-state index contributed by atoms with van der Waals surface area (Å²) in [5, 5.41) is 2.33. The third-order valence-corrected chi connectivity index (χ3v) is 7.12. The molecule has 0 fully saturated rings. The van der Waals surface area contributed by atoms with E-state index < -0.39 is 64.5 Å². The van der Waals surface area contributed by atoms with Crippen LogP contribution in [0.4, 0.5) is 13.2 Å². The number of nitrogens with one attached hydrogen (secondary N) is 1. The molecule has 0 spiro atoms. The van der Waals surface area contributed by atoms with Gasteiger partial charge in [0.25, 0.3) is 11.8 Å². The van der Waals surface area contributed by atoms with Crippen molar-refractivity contribution < 1.29 is 32.2 Å². The molecule has 8 nitrogen and oxygen atoms in total. The van der Waals surface area contributed by atoms with Crippen LogP contribution in [0.5, 0.6) is 5.75 Å². The Morgan fingerprint density at radius 2 is 1.77 bits per heavy atom. The molecule has 11 heteroatoms. The fourth-order valence-electron chi connectivity index (χ4n) is 4.97. The summed E-state index contributed by atoms with van der Waals surface area (Å²) < 4.78 is 54.7. The molecule has 2 bridgehead atoms. The first-order valence-electron chi connectivity index (χ1n) is 12.6. The molecule has 5 rings (SSSR count). The van der Waals surface area contributed by atoms with Crippen molar-refractivity contribution in [3.63, 3.8) is 0 Å². The minimum absolute atomic E-state index is 0.0260. The highest BCUT2D eigenvalue weighted by Crippen LogP contribution is 2.34. The number of hydrogen-bond donors (Lipinski definition) is 1. The zero-order valence-electron chi connectivity index (χ0n) is 21.7. The number of carbonyl (C=O) groups is 2. The molecule has 3 heterocycles. The number of nitrogens with zero attached hydrogens (tertiary/aromatic N) is 2. The molecule has 0 saturated carbocycles. The Bertz CT molecular complexity index is 1530. The maximum atomic E-state index is 14.1. The molecular weight excluding hydrogens is 527 g/mol. The Labute approximate surface area is 227 Å². The Kier molecular flexibility index (Phi) is 7.49. The van der Waals surface area contributed by atoms with Gasteiger partial charge in [-0.05, 0) is 12.5 Å². The van der Waals surface area contributed by atoms with Crippen molar-refractivity contribution >= 4 is 11.8 Å². The fourth-order valence-corrected chi connectivity index (χ4v) is 4.97. The number of hydrogen-bond acceptors (Lipinski definition) is 5. The minimum Gasteiger partial charge on any atom is -0.483 e. The van der Waals surface area contributed by atoms with E-state index in [2.05, 4.69) is 5.32 Å². The maximum Gasteiger partial charge on any atom is 0.275 e. The van der Waals surface area contributed by atoms with Gasteiger partial charge < -0.3 is 24.3 Å². The molecule has 0 radical (unpaired) electrons. The molecule has 1 unspecified atom stereocenters. The van der Waals surface area contributed by atoms with Crippen molar-refractivity contribution in [3.8, 4) is 5.75 Å². The van der Waals surface area contributed by atoms with E-state index in [-0.39, 0.29) is 30.6 Å². The van der Waals surface area contributed by atoms with E-state index in [1.165, 1.54) is 17.9 Å². The van der Waals surface area contributed by atoms with Gasteiger partial charge in [-0.1, -0.05) is 42.5 Å². The topological polar surface area (TPSA) is 89.9 Å². The summed E-state index contributed by atoms with van der Waals surface area (Å²) in [6.07, 6.45) is 4.40. The van der Waals surface area contributed by atoms with Crippen molar-refractivity contribution in [1.82, 2.24) is 14.8 Å². The standard InChI is InChI=1S/C29H26F3N3O5/c1-16-8-9-24(39-2)23-14-34(16)29(38)25-27(40-15-17-6-4-3-5-7-17)26(36)20(13-35(23)25)28(37)33-12-19-21(31)10-18(30)11-22(19)32/h3-11,13,16,23-24H,12,14-15H2,1-2H3,(H,33,37)/t16-,23?,24+/m0/s1. The number of rotatable bonds is 7. The second-order valence-corrected chi connectivity index (χ2v) is 9.61. The number of fused-ring (bicyclic) bond motifs is 4. The van der Waals surface area contributed by atoms with Gasteiger partial charge in [-0.25, -0.2) is 13.2 Å². The molecule has 3 atom stereocenters. The highest BCUT2D eigenvalue weighted by molar-refractivity contribution is 5.99. The molecule has 2 amide bonds. The van der Waals surface area contributed by atoms with Gasteiger partial charge in [-0.15, -0.1) is 0 Å². The Morgan fingerprint density at radius 3 is 2.45 bits per heavy atom. The molecule has 1 aromatic heterocycles. The van der Waals surface area contributed by atoms with Gasteiger partial charge in [0.1, 0.15) is 29.6 Å². The van der Waals surface area contributed by atoms with Crippen LogP contribution >= 0.6 is 0 Å². The molecule has 0 aliphatic carbocycles. The smallest absolute Gasteiger partial charge is 0.275 e. The van der Waals surface area contributed by atoms with Crippen LogP contribution < -0.4 is 15.5 Å². The number of benzene rings is 2. The number of ether oxygens (including phenoxy) is 2. The Morgan fingerprint density at radius 1 is 1.07 bits per heavy atom. The van der Waals surface area contributed by atoms with Crippen LogP contribution in [0.15, 0.2) is 65.6 Å². The first kappa shape index (κ1) is 27.2. The van der Waals surface area contributed by atoms with E-state index in [4.69, 9.17) is 9.47 Å². The molecule has 208 valence electrons. The lowest BCUT2D eigenvalue weighted by Crippen LogP contribution is -2.49. The summed E-state index contributed by atoms with van der Waals surface area (Å²) in [6.45, 7) is 1.39. The average molecular weight is 554 g/mol. The van der Waals surface area contributed by atoms with Gasteiger partial charge in [0.15, 0.2) is 11.4 Å². The highest BCUT2D eigenvalue weighted by atomic mass is 19.1. The third-order valence-electron chi connectivity index (χ3n) is 7.12. The highest BCUT2D eigenvalue weighted by Gasteiger charge is 2.41. The fraction of sp³-hybridized carbons (Fsp3) is 0.276. The molecule has 0 saturated heterocycles. The van der Waals surface area contributed by atoms with Crippen LogP contribution in [0, 0.1) is 17.5 Å². The summed E-state index contributed by atoms with van der Waals surface area (Å²) in [6, 6.07) is 9.17. The van der Waals surface area contributed by atoms with Gasteiger partial charge in [0.05, 0.1) is 12.1 Å². The predicted octanol–water partition coefficient (Wildman–Crippen LogP) is 3.74. The summed E-state index contributed by atoms with van der Waals surface area (Å²) in [5.74, 6) is -5.18. The van der Waals surface area contributed by atoms with Crippen LogP contribution in [0.25, 0.3) is 0 Å². The second kappa shape index (κ2) is 11.0. The molecule has 2 aliphatic heterocycles. The van der Waals surface area contributed by atoms with Gasteiger partial charge in [-0.3, -0.25) is 14.4 Å². The van der Waals surface area contributed by atoms with E-state index in [1.54, 1.807) is 29.2 Å². The third kappa shape index (κ3) is 5.00. The van der Waals surface area contributed by atoms with E-state index >= 15 is 0 Å². The lowest BCUT2D eigenvalue weighted by atomic mass is 10.0. The molecule has 2 aliphatic rings. The molecule has 1 N–H and O–H groups in total. The summed E-state index contributed by atoms with van der Waals surface area (Å²) in [7, 11) is 1.51. The predicted molar refractivity (Wildman–Crippen MR) is 138 cm³/mol. The van der Waals surface area contributed by atoms with Crippen molar-refractivity contribution in [2.24, 2.45) is 0 Å². The number of carbonyl (C=O) groups excluding carboxylic acids is 2. The monoisotopic (exact) mass is 553 g/mol. The molecule has 2 aromatic carbocycles. The average Bonchev–Trinajstić information content (AvgIpc) is 3.07. The Balaban J connectivity index is 1.58. The van der Waals surface area contributed by atoms with E-state index in [0.29, 0.717) is 12.1 Å². The second-order valence-electron chi connectivity index (χ2n) is 9.61. The first-order valence-corrected chi connectivity index (χ1v) is 12.6. The van der Waals surface area contributed by atoms with Gasteiger partial charge in [0.2, 0.25) is 5.43 Å². The van der Waals surface area contributed by atoms with Crippen molar-refractivity contribution in [1.29, 1.82) is 0 Å². The number of aromatic nitrogens is 1. The molecular formula is C29H26F3N3O5. The van der Waals surface area contributed by atoms with Crippen LogP contribution in [-0.4, -0.2) is 47.1 Å². The summed E-state index contributed by atoms with van der Waals surface area (Å²) in [4.78, 5) is 42.2. The van der Waals surface area contributed by atoms with Crippen LogP contribution in [0.2, 0.25) is 0 Å². The SMILES string of the molecule is CO[C@@H]1C=C[C@H](C)N2CC1n1cc(C(=O)NCc3c(F)cc(F)cc3F)c(=O)c(OCc3ccccc3)c1C2=O. The van der Waals surface area contributed by atoms with E-state index in [9.17, 15) is 27.6 Å². The van der Waals surface area contributed by atoms with Crippen molar-refractivity contribution in [3.05, 3.63) is 111 Å². The van der Waals surface area contributed by atoms with Crippen molar-refractivity contribution in [2.45, 2.75) is 38.3 Å². The van der Waals surface area contributed by atoms with Crippen LogP contribution in [0.3, 0.4) is 0 Å². The zero-order valence-corrected chi connectivity index (χ0v) is 21.7. The molecule has 3 aromatic rings. The normalized spacial score (nSPS) is 19.7. The first-order chi connectivity index (χ1) is 19.2. The van der Waals surface area contributed by atoms with Crippen molar-refractivity contribution in [2.75, 3.05) is 13.7 Å². The molecule has 40 heavy (non-hydrogen) atoms. The Hall–Kier alpha value is -4.38. The van der Waals surface area contributed by atoms with Gasteiger partial charge >= 0.3 is 0 Å². The van der Waals surface area contributed by atoms with Crippen LogP contribution in [-0.2, 0) is 17.9 Å². The summed E-state index contributed by atoms with van der Waals surface area (Å²) in [5.41, 5.74) is -1.12. The van der Waals surface area contributed by atoms with Gasteiger partial charge in [0, 0.05) is 50.1 Å². The number of methoxy groups -OCH3 is 1. The maximum absolute atomic E-state index is 14.1. The minimum atomic E-state index is -1.18. The number of pyridine rings is 1. The van der Waals surface area contributed by atoms with E-state index in [1.807, 2.05) is 25.1 Å². The lowest BCUT2D eigenvalue weighted by molar-refractivity contribution is 0.0431. The zero-order chi connectivity index (χ0) is 28.6. The lowest BCUT2D eigenvalue weighted by Gasteiger charge is -2.39. The number of amides is 2.